The summed E-state index contributed by atoms with van der Waals surface area (Å²) < 4.78 is 15.6. The number of amides is 1. The molecule has 0 radical (unpaired) electrons. The smallest absolute Gasteiger partial charge is 0.409 e. The zero-order chi connectivity index (χ0) is 15.5. The average Bonchev–Trinajstić information content (AvgIpc) is 2.95. The van der Waals surface area contributed by atoms with Gasteiger partial charge in [-0.25, -0.2) is 4.79 Å². The van der Waals surface area contributed by atoms with Gasteiger partial charge in [0.05, 0.1) is 6.61 Å². The Kier molecular flexibility index (Phi) is 4.24. The van der Waals surface area contributed by atoms with Crippen molar-refractivity contribution in [2.75, 3.05) is 39.6 Å². The number of aromatic hydroxyl groups is 1. The average molecular weight is 308 g/mol. The summed E-state index contributed by atoms with van der Waals surface area (Å²) in [6.45, 7) is 5.74. The number of fused-ring (bicyclic) bond motifs is 1. The van der Waals surface area contributed by atoms with Crippen LogP contribution in [0.15, 0.2) is 12.1 Å². The van der Waals surface area contributed by atoms with Crippen LogP contribution in [-0.4, -0.2) is 60.6 Å². The highest BCUT2D eigenvalue weighted by Gasteiger charge is 2.23. The van der Waals surface area contributed by atoms with Crippen LogP contribution in [0.1, 0.15) is 12.5 Å². The van der Waals surface area contributed by atoms with Crippen LogP contribution in [0.5, 0.6) is 17.2 Å². The standard InChI is InChI=1S/C15H20N2O5/c1-2-20-15(19)17-5-3-16(4-6-17)9-11-7-13-14(8-12(11)18)22-10-21-13/h7-8,18H,2-6,9-10H2,1H3. The molecule has 0 unspecified atom stereocenters. The molecule has 1 aromatic rings. The molecule has 1 amide bonds. The fourth-order valence-electron chi connectivity index (χ4n) is 2.64. The van der Waals surface area contributed by atoms with E-state index in [2.05, 4.69) is 4.90 Å². The van der Waals surface area contributed by atoms with Gasteiger partial charge in [0, 0.05) is 44.4 Å². The molecule has 2 heterocycles. The fourth-order valence-corrected chi connectivity index (χ4v) is 2.64. The summed E-state index contributed by atoms with van der Waals surface area (Å²) >= 11 is 0. The van der Waals surface area contributed by atoms with E-state index in [1.165, 1.54) is 0 Å². The van der Waals surface area contributed by atoms with Crippen LogP contribution in [-0.2, 0) is 11.3 Å². The molecular formula is C15H20N2O5. The number of rotatable bonds is 3. The molecule has 0 spiro atoms. The van der Waals surface area contributed by atoms with Crippen molar-refractivity contribution in [1.29, 1.82) is 0 Å². The second-order valence-electron chi connectivity index (χ2n) is 5.30. The van der Waals surface area contributed by atoms with Crippen LogP contribution in [0.3, 0.4) is 0 Å². The topological polar surface area (TPSA) is 71.5 Å². The van der Waals surface area contributed by atoms with Crippen LogP contribution >= 0.6 is 0 Å². The van der Waals surface area contributed by atoms with Gasteiger partial charge in [-0.3, -0.25) is 4.90 Å². The highest BCUT2D eigenvalue weighted by Crippen LogP contribution is 2.38. The third-order valence-electron chi connectivity index (χ3n) is 3.87. The van der Waals surface area contributed by atoms with E-state index >= 15 is 0 Å². The maximum absolute atomic E-state index is 11.7. The molecular weight excluding hydrogens is 288 g/mol. The predicted molar refractivity (Wildman–Crippen MR) is 78.1 cm³/mol. The first kappa shape index (κ1) is 14.8. The number of hydrogen-bond donors (Lipinski definition) is 1. The Morgan fingerprint density at radius 1 is 1.23 bits per heavy atom. The molecule has 7 heteroatoms. The number of ether oxygens (including phenoxy) is 3. The van der Waals surface area contributed by atoms with E-state index in [9.17, 15) is 9.90 Å². The highest BCUT2D eigenvalue weighted by atomic mass is 16.7. The lowest BCUT2D eigenvalue weighted by Gasteiger charge is -2.34. The van der Waals surface area contributed by atoms with E-state index < -0.39 is 0 Å². The third kappa shape index (κ3) is 3.04. The van der Waals surface area contributed by atoms with E-state index in [0.29, 0.717) is 37.7 Å². The highest BCUT2D eigenvalue weighted by molar-refractivity contribution is 5.67. The monoisotopic (exact) mass is 308 g/mol. The van der Waals surface area contributed by atoms with Gasteiger partial charge in [-0.05, 0) is 13.0 Å². The molecule has 2 aliphatic heterocycles. The first-order valence-corrected chi connectivity index (χ1v) is 7.43. The Labute approximate surface area is 129 Å². The van der Waals surface area contributed by atoms with Crippen molar-refractivity contribution >= 4 is 6.09 Å². The Balaban J connectivity index is 1.58. The van der Waals surface area contributed by atoms with Crippen LogP contribution in [0.4, 0.5) is 4.79 Å². The molecule has 1 fully saturated rings. The van der Waals surface area contributed by atoms with Crippen LogP contribution in [0, 0.1) is 0 Å². The molecule has 1 N–H and O–H groups in total. The van der Waals surface area contributed by atoms with Gasteiger partial charge in [0.1, 0.15) is 5.75 Å². The molecule has 0 atom stereocenters. The summed E-state index contributed by atoms with van der Waals surface area (Å²) in [7, 11) is 0. The molecule has 0 aromatic heterocycles. The minimum atomic E-state index is -0.256. The van der Waals surface area contributed by atoms with Crippen molar-refractivity contribution in [3.8, 4) is 17.2 Å². The van der Waals surface area contributed by atoms with E-state index in [-0.39, 0.29) is 18.6 Å². The molecule has 0 bridgehead atoms. The number of benzene rings is 1. The Morgan fingerprint density at radius 2 is 1.91 bits per heavy atom. The second-order valence-corrected chi connectivity index (χ2v) is 5.30. The second kappa shape index (κ2) is 6.31. The van der Waals surface area contributed by atoms with Crippen LogP contribution < -0.4 is 9.47 Å². The number of carbonyl (C=O) groups is 1. The lowest BCUT2D eigenvalue weighted by atomic mass is 10.1. The maximum Gasteiger partial charge on any atom is 0.409 e. The Bertz CT molecular complexity index is 555. The SMILES string of the molecule is CCOC(=O)N1CCN(Cc2cc3c(cc2O)OCO3)CC1. The van der Waals surface area contributed by atoms with Gasteiger partial charge in [0.15, 0.2) is 11.5 Å². The van der Waals surface area contributed by atoms with Gasteiger partial charge in [-0.1, -0.05) is 0 Å². The van der Waals surface area contributed by atoms with Crippen molar-refractivity contribution in [2.24, 2.45) is 0 Å². The number of nitrogens with zero attached hydrogens (tertiary/aromatic N) is 2. The number of hydrogen-bond acceptors (Lipinski definition) is 6. The number of phenolic OH excluding ortho intramolecular Hbond substituents is 1. The van der Waals surface area contributed by atoms with Crippen molar-refractivity contribution in [1.82, 2.24) is 9.80 Å². The van der Waals surface area contributed by atoms with Crippen molar-refractivity contribution < 1.29 is 24.1 Å². The Morgan fingerprint density at radius 3 is 2.59 bits per heavy atom. The summed E-state index contributed by atoms with van der Waals surface area (Å²) in [5.41, 5.74) is 0.800. The van der Waals surface area contributed by atoms with E-state index in [0.717, 1.165) is 18.7 Å². The van der Waals surface area contributed by atoms with Crippen molar-refractivity contribution in [3.05, 3.63) is 17.7 Å². The first-order valence-electron chi connectivity index (χ1n) is 7.43. The molecule has 7 nitrogen and oxygen atoms in total. The predicted octanol–water partition coefficient (Wildman–Crippen LogP) is 1.40. The number of piperazine rings is 1. The van der Waals surface area contributed by atoms with Gasteiger partial charge in [0.2, 0.25) is 6.79 Å². The first-order chi connectivity index (χ1) is 10.7. The molecule has 120 valence electrons. The van der Waals surface area contributed by atoms with E-state index in [1.807, 2.05) is 6.07 Å². The van der Waals surface area contributed by atoms with Gasteiger partial charge in [-0.15, -0.1) is 0 Å². The van der Waals surface area contributed by atoms with Crippen molar-refractivity contribution in [2.45, 2.75) is 13.5 Å². The summed E-state index contributed by atoms with van der Waals surface area (Å²) in [4.78, 5) is 15.6. The van der Waals surface area contributed by atoms with E-state index in [1.54, 1.807) is 17.9 Å². The normalized spacial score (nSPS) is 17.6. The summed E-state index contributed by atoms with van der Waals surface area (Å²) in [5.74, 6) is 1.45. The van der Waals surface area contributed by atoms with Gasteiger partial charge in [0.25, 0.3) is 0 Å². The van der Waals surface area contributed by atoms with Crippen LogP contribution in [0.25, 0.3) is 0 Å². The molecule has 0 aliphatic carbocycles. The zero-order valence-electron chi connectivity index (χ0n) is 12.6. The number of phenols is 1. The van der Waals surface area contributed by atoms with Crippen LogP contribution in [0.2, 0.25) is 0 Å². The Hall–Kier alpha value is -2.15. The van der Waals surface area contributed by atoms with Gasteiger partial charge in [-0.2, -0.15) is 0 Å². The lowest BCUT2D eigenvalue weighted by molar-refractivity contribution is 0.0776. The lowest BCUT2D eigenvalue weighted by Crippen LogP contribution is -2.48. The maximum atomic E-state index is 11.7. The number of carbonyl (C=O) groups excluding carboxylic acids is 1. The third-order valence-corrected chi connectivity index (χ3v) is 3.87. The van der Waals surface area contributed by atoms with E-state index in [4.69, 9.17) is 14.2 Å². The molecule has 0 saturated carbocycles. The van der Waals surface area contributed by atoms with Crippen molar-refractivity contribution in [3.63, 3.8) is 0 Å². The zero-order valence-corrected chi connectivity index (χ0v) is 12.6. The molecule has 2 aliphatic rings. The minimum Gasteiger partial charge on any atom is -0.507 e. The fraction of sp³-hybridized carbons (Fsp3) is 0.533. The molecule has 22 heavy (non-hydrogen) atoms. The largest absolute Gasteiger partial charge is 0.507 e. The van der Waals surface area contributed by atoms with Gasteiger partial charge < -0.3 is 24.2 Å². The summed E-state index contributed by atoms with van der Waals surface area (Å²) in [5, 5.41) is 10.1. The minimum absolute atomic E-state index is 0.191. The quantitative estimate of drug-likeness (QED) is 0.910. The summed E-state index contributed by atoms with van der Waals surface area (Å²) in [6, 6.07) is 3.40. The van der Waals surface area contributed by atoms with Gasteiger partial charge >= 0.3 is 6.09 Å². The summed E-state index contributed by atoms with van der Waals surface area (Å²) in [6.07, 6.45) is -0.256. The molecule has 1 aromatic carbocycles. The molecule has 1 saturated heterocycles. The molecule has 3 rings (SSSR count).